The monoisotopic (exact) mass is 422 g/mol. The molecule has 1 aromatic carbocycles. The molecule has 3 rings (SSSR count). The SMILES string of the molecule is NC(=O)CSc1ccccc1NC(=O)CN1CCCC1C(=O)N1CCSCC1. The summed E-state index contributed by atoms with van der Waals surface area (Å²) in [7, 11) is 0. The lowest BCUT2D eigenvalue weighted by molar-refractivity contribution is -0.136. The molecule has 1 aromatic rings. The van der Waals surface area contributed by atoms with E-state index in [0.717, 1.165) is 48.9 Å². The minimum Gasteiger partial charge on any atom is -0.369 e. The van der Waals surface area contributed by atoms with Crippen LogP contribution in [0.25, 0.3) is 0 Å². The predicted molar refractivity (Wildman–Crippen MR) is 113 cm³/mol. The third-order valence-electron chi connectivity index (χ3n) is 4.85. The van der Waals surface area contributed by atoms with Crippen LogP contribution in [0.5, 0.6) is 0 Å². The van der Waals surface area contributed by atoms with E-state index in [1.54, 1.807) is 6.07 Å². The Morgan fingerprint density at radius 1 is 1.18 bits per heavy atom. The highest BCUT2D eigenvalue weighted by Gasteiger charge is 2.35. The van der Waals surface area contributed by atoms with Crippen LogP contribution in [-0.2, 0) is 14.4 Å². The van der Waals surface area contributed by atoms with Crippen LogP contribution in [0.1, 0.15) is 12.8 Å². The summed E-state index contributed by atoms with van der Waals surface area (Å²) < 4.78 is 0. The lowest BCUT2D eigenvalue weighted by atomic mass is 10.2. The highest BCUT2D eigenvalue weighted by molar-refractivity contribution is 8.00. The average Bonchev–Trinajstić information content (AvgIpc) is 3.15. The van der Waals surface area contributed by atoms with Crippen LogP contribution in [0.4, 0.5) is 5.69 Å². The maximum Gasteiger partial charge on any atom is 0.239 e. The highest BCUT2D eigenvalue weighted by Crippen LogP contribution is 2.27. The second kappa shape index (κ2) is 10.2. The van der Waals surface area contributed by atoms with E-state index in [2.05, 4.69) is 5.32 Å². The molecule has 7 nitrogen and oxygen atoms in total. The standard InChI is InChI=1S/C19H26N4O3S2/c20-17(24)13-28-16-6-2-1-4-14(16)21-18(25)12-23-7-3-5-15(23)19(26)22-8-10-27-11-9-22/h1-2,4,6,15H,3,5,7-13H2,(H2,20,24)(H,21,25). The summed E-state index contributed by atoms with van der Waals surface area (Å²) in [6.07, 6.45) is 1.73. The molecule has 1 atom stereocenters. The number of nitrogens with zero attached hydrogens (tertiary/aromatic N) is 2. The van der Waals surface area contributed by atoms with Gasteiger partial charge in [0.1, 0.15) is 0 Å². The maximum atomic E-state index is 12.8. The lowest BCUT2D eigenvalue weighted by Gasteiger charge is -2.32. The Kier molecular flexibility index (Phi) is 7.64. The van der Waals surface area contributed by atoms with Crippen LogP contribution < -0.4 is 11.1 Å². The minimum absolute atomic E-state index is 0.152. The first-order chi connectivity index (χ1) is 13.5. The van der Waals surface area contributed by atoms with Gasteiger partial charge in [0.15, 0.2) is 0 Å². The van der Waals surface area contributed by atoms with Crippen molar-refractivity contribution in [1.29, 1.82) is 0 Å². The Morgan fingerprint density at radius 3 is 2.68 bits per heavy atom. The fourth-order valence-corrected chi connectivity index (χ4v) is 5.16. The Bertz CT molecular complexity index is 725. The zero-order valence-corrected chi connectivity index (χ0v) is 17.4. The molecule has 2 heterocycles. The molecule has 2 aliphatic rings. The van der Waals surface area contributed by atoms with E-state index in [1.165, 1.54) is 11.8 Å². The Morgan fingerprint density at radius 2 is 1.93 bits per heavy atom. The van der Waals surface area contributed by atoms with Crippen molar-refractivity contribution in [2.45, 2.75) is 23.8 Å². The summed E-state index contributed by atoms with van der Waals surface area (Å²) in [5, 5.41) is 2.92. The van der Waals surface area contributed by atoms with E-state index < -0.39 is 5.91 Å². The predicted octanol–water partition coefficient (Wildman–Crippen LogP) is 1.24. The molecular weight excluding hydrogens is 396 g/mol. The van der Waals surface area contributed by atoms with E-state index in [4.69, 9.17) is 5.73 Å². The lowest BCUT2D eigenvalue weighted by Crippen LogP contribution is -2.49. The number of thioether (sulfide) groups is 2. The summed E-state index contributed by atoms with van der Waals surface area (Å²) in [6, 6.07) is 7.14. The van der Waals surface area contributed by atoms with E-state index in [1.807, 2.05) is 39.8 Å². The van der Waals surface area contributed by atoms with Gasteiger partial charge in [0.05, 0.1) is 24.0 Å². The number of nitrogens with two attached hydrogens (primary N) is 1. The second-order valence-electron chi connectivity index (χ2n) is 6.87. The van der Waals surface area contributed by atoms with Gasteiger partial charge in [0.25, 0.3) is 0 Å². The van der Waals surface area contributed by atoms with Crippen molar-refractivity contribution in [3.05, 3.63) is 24.3 Å². The van der Waals surface area contributed by atoms with Crippen molar-refractivity contribution in [2.75, 3.05) is 48.8 Å². The molecular formula is C19H26N4O3S2. The fraction of sp³-hybridized carbons (Fsp3) is 0.526. The largest absolute Gasteiger partial charge is 0.369 e. The third-order valence-corrected chi connectivity index (χ3v) is 6.89. The molecule has 0 radical (unpaired) electrons. The molecule has 9 heteroatoms. The van der Waals surface area contributed by atoms with Crippen molar-refractivity contribution in [1.82, 2.24) is 9.80 Å². The van der Waals surface area contributed by atoms with Crippen LogP contribution in [0.3, 0.4) is 0 Å². The summed E-state index contributed by atoms with van der Waals surface area (Å²) in [6.45, 7) is 2.54. The van der Waals surface area contributed by atoms with Crippen molar-refractivity contribution in [3.63, 3.8) is 0 Å². The van der Waals surface area contributed by atoms with Gasteiger partial charge >= 0.3 is 0 Å². The summed E-state index contributed by atoms with van der Waals surface area (Å²) in [5.41, 5.74) is 5.88. The van der Waals surface area contributed by atoms with Gasteiger partial charge in [-0.05, 0) is 31.5 Å². The van der Waals surface area contributed by atoms with E-state index >= 15 is 0 Å². The van der Waals surface area contributed by atoms with Crippen LogP contribution >= 0.6 is 23.5 Å². The number of carbonyl (C=O) groups is 3. The number of rotatable bonds is 7. The van der Waals surface area contributed by atoms with Gasteiger partial charge in [-0.25, -0.2) is 0 Å². The van der Waals surface area contributed by atoms with E-state index in [0.29, 0.717) is 5.69 Å². The molecule has 2 aliphatic heterocycles. The number of hydrogen-bond donors (Lipinski definition) is 2. The summed E-state index contributed by atoms with van der Waals surface area (Å²) in [4.78, 5) is 41.2. The average molecular weight is 423 g/mol. The van der Waals surface area contributed by atoms with Gasteiger partial charge in [-0.3, -0.25) is 19.3 Å². The smallest absolute Gasteiger partial charge is 0.239 e. The molecule has 2 saturated heterocycles. The maximum absolute atomic E-state index is 12.8. The summed E-state index contributed by atoms with van der Waals surface area (Å²) >= 11 is 3.17. The fourth-order valence-electron chi connectivity index (χ4n) is 3.51. The quantitative estimate of drug-likeness (QED) is 0.642. The Labute approximate surface area is 173 Å². The first-order valence-electron chi connectivity index (χ1n) is 9.45. The number of benzene rings is 1. The van der Waals surface area contributed by atoms with Crippen molar-refractivity contribution in [2.24, 2.45) is 5.73 Å². The van der Waals surface area contributed by atoms with Gasteiger partial charge < -0.3 is 16.0 Å². The second-order valence-corrected chi connectivity index (χ2v) is 9.11. The Balaban J connectivity index is 1.58. The molecule has 0 aliphatic carbocycles. The van der Waals surface area contributed by atoms with Crippen LogP contribution in [-0.4, -0.2) is 77.0 Å². The molecule has 1 unspecified atom stereocenters. The van der Waals surface area contributed by atoms with Gasteiger partial charge in [-0.2, -0.15) is 11.8 Å². The molecule has 152 valence electrons. The van der Waals surface area contributed by atoms with E-state index in [-0.39, 0.29) is 30.2 Å². The summed E-state index contributed by atoms with van der Waals surface area (Å²) in [5.74, 6) is 1.73. The van der Waals surface area contributed by atoms with Gasteiger partial charge in [0, 0.05) is 29.5 Å². The molecule has 0 aromatic heterocycles. The van der Waals surface area contributed by atoms with Gasteiger partial charge in [0.2, 0.25) is 17.7 Å². The normalized spacial score (nSPS) is 20.1. The first-order valence-corrected chi connectivity index (χ1v) is 11.6. The topological polar surface area (TPSA) is 95.7 Å². The molecule has 0 bridgehead atoms. The molecule has 0 saturated carbocycles. The van der Waals surface area contributed by atoms with Gasteiger partial charge in [-0.1, -0.05) is 12.1 Å². The molecule has 2 fully saturated rings. The zero-order valence-electron chi connectivity index (χ0n) is 15.8. The minimum atomic E-state index is -0.402. The number of primary amides is 1. The zero-order chi connectivity index (χ0) is 19.9. The molecule has 3 N–H and O–H groups in total. The van der Waals surface area contributed by atoms with E-state index in [9.17, 15) is 14.4 Å². The van der Waals surface area contributed by atoms with Crippen molar-refractivity contribution in [3.8, 4) is 0 Å². The van der Waals surface area contributed by atoms with Crippen LogP contribution in [0.2, 0.25) is 0 Å². The number of hydrogen-bond acceptors (Lipinski definition) is 6. The Hall–Kier alpha value is -1.71. The van der Waals surface area contributed by atoms with Crippen LogP contribution in [0, 0.1) is 0 Å². The first kappa shape index (κ1) is 21.0. The number of amides is 3. The number of nitrogens with one attached hydrogen (secondary N) is 1. The van der Waals surface area contributed by atoms with Gasteiger partial charge in [-0.15, -0.1) is 11.8 Å². The molecule has 28 heavy (non-hydrogen) atoms. The van der Waals surface area contributed by atoms with Crippen LogP contribution in [0.15, 0.2) is 29.2 Å². The third kappa shape index (κ3) is 5.65. The number of para-hydroxylation sites is 1. The highest BCUT2D eigenvalue weighted by atomic mass is 32.2. The van der Waals surface area contributed by atoms with Crippen molar-refractivity contribution >= 4 is 46.9 Å². The number of likely N-dealkylation sites (tertiary alicyclic amines) is 1. The number of carbonyl (C=O) groups excluding carboxylic acids is 3. The number of anilines is 1. The van der Waals surface area contributed by atoms with Crippen molar-refractivity contribution < 1.29 is 14.4 Å². The molecule has 0 spiro atoms. The molecule has 3 amide bonds.